The Kier molecular flexibility index (Phi) is 4.55. The van der Waals surface area contributed by atoms with E-state index in [4.69, 9.17) is 11.0 Å². The number of nitrogens with zero attached hydrogens (tertiary/aromatic N) is 3. The predicted molar refractivity (Wildman–Crippen MR) is 65.2 cm³/mol. The second-order valence-corrected chi connectivity index (χ2v) is 3.59. The second kappa shape index (κ2) is 5.93. The number of pyridine rings is 1. The van der Waals surface area contributed by atoms with Gasteiger partial charge in [0.2, 0.25) is 0 Å². The summed E-state index contributed by atoms with van der Waals surface area (Å²) in [6, 6.07) is 3.68. The molecule has 0 atom stereocenters. The SMILES string of the molecule is CNCCCN(C)c1nccc(C#N)c1N. The van der Waals surface area contributed by atoms with Gasteiger partial charge in [-0.1, -0.05) is 0 Å². The number of nitrogen functional groups attached to an aromatic ring is 1. The summed E-state index contributed by atoms with van der Waals surface area (Å²) in [6.45, 7) is 1.80. The van der Waals surface area contributed by atoms with Crippen LogP contribution in [0.4, 0.5) is 11.5 Å². The molecule has 0 saturated heterocycles. The minimum absolute atomic E-state index is 0.456. The fraction of sp³-hybridized carbons (Fsp3) is 0.455. The summed E-state index contributed by atoms with van der Waals surface area (Å²) in [5, 5.41) is 11.9. The van der Waals surface area contributed by atoms with Gasteiger partial charge in [0.05, 0.1) is 11.3 Å². The van der Waals surface area contributed by atoms with Crippen molar-refractivity contribution in [3.8, 4) is 6.07 Å². The second-order valence-electron chi connectivity index (χ2n) is 3.59. The molecule has 86 valence electrons. The molecule has 0 radical (unpaired) electrons. The molecule has 0 aliphatic heterocycles. The van der Waals surface area contributed by atoms with Crippen LogP contribution in [-0.2, 0) is 0 Å². The summed E-state index contributed by atoms with van der Waals surface area (Å²) in [4.78, 5) is 6.16. The number of anilines is 2. The van der Waals surface area contributed by atoms with Crippen molar-refractivity contribution in [3.63, 3.8) is 0 Å². The molecule has 16 heavy (non-hydrogen) atoms. The molecule has 0 fully saturated rings. The maximum atomic E-state index is 8.85. The minimum Gasteiger partial charge on any atom is -0.395 e. The van der Waals surface area contributed by atoms with Gasteiger partial charge in [0, 0.05) is 19.8 Å². The van der Waals surface area contributed by atoms with E-state index in [1.807, 2.05) is 19.0 Å². The van der Waals surface area contributed by atoms with Crippen LogP contribution in [0.3, 0.4) is 0 Å². The van der Waals surface area contributed by atoms with E-state index in [2.05, 4.69) is 16.4 Å². The molecule has 0 aromatic carbocycles. The van der Waals surface area contributed by atoms with Gasteiger partial charge in [-0.3, -0.25) is 0 Å². The fourth-order valence-corrected chi connectivity index (χ4v) is 1.46. The van der Waals surface area contributed by atoms with Gasteiger partial charge in [0.25, 0.3) is 0 Å². The zero-order valence-corrected chi connectivity index (χ0v) is 9.70. The Morgan fingerprint density at radius 3 is 3.00 bits per heavy atom. The normalized spacial score (nSPS) is 9.81. The fourth-order valence-electron chi connectivity index (χ4n) is 1.46. The van der Waals surface area contributed by atoms with Crippen LogP contribution in [-0.4, -0.2) is 32.2 Å². The average Bonchev–Trinajstić information content (AvgIpc) is 2.29. The first-order chi connectivity index (χ1) is 7.70. The van der Waals surface area contributed by atoms with Gasteiger partial charge >= 0.3 is 0 Å². The highest BCUT2D eigenvalue weighted by molar-refractivity contribution is 5.69. The molecule has 0 saturated carbocycles. The van der Waals surface area contributed by atoms with Crippen LogP contribution in [0.1, 0.15) is 12.0 Å². The summed E-state index contributed by atoms with van der Waals surface area (Å²) >= 11 is 0. The Morgan fingerprint density at radius 1 is 1.62 bits per heavy atom. The van der Waals surface area contributed by atoms with Gasteiger partial charge in [-0.05, 0) is 26.1 Å². The Labute approximate surface area is 95.9 Å². The van der Waals surface area contributed by atoms with Crippen molar-refractivity contribution in [2.24, 2.45) is 0 Å². The molecule has 0 aliphatic rings. The van der Waals surface area contributed by atoms with Crippen LogP contribution in [0.5, 0.6) is 0 Å². The lowest BCUT2D eigenvalue weighted by molar-refractivity contribution is 0.709. The van der Waals surface area contributed by atoms with E-state index in [9.17, 15) is 0 Å². The number of hydrogen-bond acceptors (Lipinski definition) is 5. The van der Waals surface area contributed by atoms with E-state index in [0.29, 0.717) is 17.1 Å². The summed E-state index contributed by atoms with van der Waals surface area (Å²) in [7, 11) is 3.85. The van der Waals surface area contributed by atoms with Gasteiger partial charge in [0.15, 0.2) is 5.82 Å². The number of rotatable bonds is 5. The highest BCUT2D eigenvalue weighted by atomic mass is 15.2. The summed E-state index contributed by atoms with van der Waals surface area (Å²) in [5.41, 5.74) is 6.79. The Morgan fingerprint density at radius 2 is 2.38 bits per heavy atom. The lowest BCUT2D eigenvalue weighted by Gasteiger charge is -2.19. The van der Waals surface area contributed by atoms with Gasteiger partial charge in [-0.2, -0.15) is 5.26 Å². The van der Waals surface area contributed by atoms with Crippen LogP contribution in [0, 0.1) is 11.3 Å². The number of hydrogen-bond donors (Lipinski definition) is 2. The molecular formula is C11H17N5. The number of nitrogens with two attached hydrogens (primary N) is 1. The van der Waals surface area contributed by atoms with Gasteiger partial charge in [0.1, 0.15) is 6.07 Å². The number of nitrogens with one attached hydrogen (secondary N) is 1. The minimum atomic E-state index is 0.456. The molecule has 0 unspecified atom stereocenters. The van der Waals surface area contributed by atoms with Crippen molar-refractivity contribution in [2.75, 3.05) is 37.8 Å². The van der Waals surface area contributed by atoms with E-state index >= 15 is 0 Å². The zero-order valence-electron chi connectivity index (χ0n) is 9.70. The first kappa shape index (κ1) is 12.3. The quantitative estimate of drug-likeness (QED) is 0.708. The maximum absolute atomic E-state index is 8.85. The molecule has 3 N–H and O–H groups in total. The number of nitriles is 1. The molecule has 0 amide bonds. The van der Waals surface area contributed by atoms with E-state index in [1.54, 1.807) is 12.3 Å². The van der Waals surface area contributed by atoms with E-state index in [-0.39, 0.29) is 0 Å². The van der Waals surface area contributed by atoms with Gasteiger partial charge in [-0.25, -0.2) is 4.98 Å². The van der Waals surface area contributed by atoms with E-state index in [0.717, 1.165) is 19.5 Å². The Hall–Kier alpha value is -1.80. The zero-order chi connectivity index (χ0) is 12.0. The highest BCUT2D eigenvalue weighted by Crippen LogP contribution is 2.22. The smallest absolute Gasteiger partial charge is 0.152 e. The molecule has 0 aliphatic carbocycles. The molecule has 0 bridgehead atoms. The third kappa shape index (κ3) is 2.84. The first-order valence-corrected chi connectivity index (χ1v) is 5.21. The van der Waals surface area contributed by atoms with Crippen molar-refractivity contribution in [2.45, 2.75) is 6.42 Å². The molecule has 1 rings (SSSR count). The third-order valence-corrected chi connectivity index (χ3v) is 2.37. The summed E-state index contributed by atoms with van der Waals surface area (Å²) in [6.07, 6.45) is 2.61. The summed E-state index contributed by atoms with van der Waals surface area (Å²) in [5.74, 6) is 0.676. The van der Waals surface area contributed by atoms with Crippen LogP contribution in [0.2, 0.25) is 0 Å². The van der Waals surface area contributed by atoms with Crippen LogP contribution in [0.15, 0.2) is 12.3 Å². The first-order valence-electron chi connectivity index (χ1n) is 5.21. The lowest BCUT2D eigenvalue weighted by atomic mass is 10.2. The Bertz CT molecular complexity index is 382. The van der Waals surface area contributed by atoms with E-state index in [1.165, 1.54) is 0 Å². The van der Waals surface area contributed by atoms with Crippen molar-refractivity contribution in [1.82, 2.24) is 10.3 Å². The van der Waals surface area contributed by atoms with Crippen molar-refractivity contribution >= 4 is 11.5 Å². The largest absolute Gasteiger partial charge is 0.395 e. The summed E-state index contributed by atoms with van der Waals surface area (Å²) < 4.78 is 0. The third-order valence-electron chi connectivity index (χ3n) is 2.37. The lowest BCUT2D eigenvalue weighted by Crippen LogP contribution is -2.24. The molecule has 5 heteroatoms. The van der Waals surface area contributed by atoms with Crippen LogP contribution < -0.4 is 16.0 Å². The van der Waals surface area contributed by atoms with Crippen LogP contribution >= 0.6 is 0 Å². The van der Waals surface area contributed by atoms with Crippen LogP contribution in [0.25, 0.3) is 0 Å². The molecule has 1 aromatic rings. The Balaban J connectivity index is 2.76. The maximum Gasteiger partial charge on any atom is 0.152 e. The molecule has 0 spiro atoms. The topological polar surface area (TPSA) is 78.0 Å². The van der Waals surface area contributed by atoms with E-state index < -0.39 is 0 Å². The molecular weight excluding hydrogens is 202 g/mol. The monoisotopic (exact) mass is 219 g/mol. The molecule has 5 nitrogen and oxygen atoms in total. The average molecular weight is 219 g/mol. The molecule has 1 heterocycles. The highest BCUT2D eigenvalue weighted by Gasteiger charge is 2.09. The van der Waals surface area contributed by atoms with Gasteiger partial charge < -0.3 is 16.0 Å². The van der Waals surface area contributed by atoms with Gasteiger partial charge in [-0.15, -0.1) is 0 Å². The van der Waals surface area contributed by atoms with Crippen molar-refractivity contribution in [3.05, 3.63) is 17.8 Å². The van der Waals surface area contributed by atoms with Crippen molar-refractivity contribution in [1.29, 1.82) is 5.26 Å². The van der Waals surface area contributed by atoms with Crippen molar-refractivity contribution < 1.29 is 0 Å². The molecule has 1 aromatic heterocycles. The predicted octanol–water partition coefficient (Wildman–Crippen LogP) is 0.581. The number of aromatic nitrogens is 1. The standard InChI is InChI=1S/C11H17N5/c1-14-5-3-7-16(2)11-10(13)9(8-12)4-6-15-11/h4,6,14H,3,5,7,13H2,1-2H3.